The molecule has 0 saturated carbocycles. The number of ether oxygens (including phenoxy) is 1. The molecule has 3 heteroatoms. The topological polar surface area (TPSA) is 21.3 Å². The summed E-state index contributed by atoms with van der Waals surface area (Å²) < 4.78 is 5.81. The van der Waals surface area contributed by atoms with E-state index in [0.717, 1.165) is 34.1 Å². The Kier molecular flexibility index (Phi) is 5.39. The van der Waals surface area contributed by atoms with Gasteiger partial charge in [0.1, 0.15) is 12.4 Å². The van der Waals surface area contributed by atoms with Crippen LogP contribution in [0.3, 0.4) is 0 Å². The van der Waals surface area contributed by atoms with Gasteiger partial charge in [-0.1, -0.05) is 66.2 Å². The van der Waals surface area contributed by atoms with Crippen LogP contribution in [0.1, 0.15) is 16.7 Å². The lowest BCUT2D eigenvalue weighted by molar-refractivity contribution is 0.306. The van der Waals surface area contributed by atoms with E-state index in [1.807, 2.05) is 42.5 Å². The third-order valence-corrected chi connectivity index (χ3v) is 4.18. The quantitative estimate of drug-likeness (QED) is 0.610. The second-order valence-corrected chi connectivity index (χ2v) is 6.11. The van der Waals surface area contributed by atoms with Crippen LogP contribution in [0.2, 0.25) is 5.02 Å². The van der Waals surface area contributed by atoms with Gasteiger partial charge < -0.3 is 10.1 Å². The predicted octanol–water partition coefficient (Wildman–Crippen LogP) is 5.84. The summed E-state index contributed by atoms with van der Waals surface area (Å²) >= 11 is 6.24. The van der Waals surface area contributed by atoms with Crippen LogP contribution in [-0.4, -0.2) is 0 Å². The van der Waals surface area contributed by atoms with Gasteiger partial charge in [-0.15, -0.1) is 0 Å². The van der Waals surface area contributed by atoms with Crippen LogP contribution in [0.15, 0.2) is 72.8 Å². The van der Waals surface area contributed by atoms with Gasteiger partial charge in [0, 0.05) is 6.54 Å². The zero-order chi connectivity index (χ0) is 16.8. The normalized spacial score (nSPS) is 10.4. The number of halogens is 1. The molecular weight excluding hydrogens is 318 g/mol. The fourth-order valence-electron chi connectivity index (χ4n) is 2.49. The third kappa shape index (κ3) is 4.30. The number of hydrogen-bond donors (Lipinski definition) is 1. The molecule has 0 unspecified atom stereocenters. The highest BCUT2D eigenvalue weighted by atomic mass is 35.5. The van der Waals surface area contributed by atoms with Crippen molar-refractivity contribution >= 4 is 17.3 Å². The van der Waals surface area contributed by atoms with E-state index in [4.69, 9.17) is 16.3 Å². The lowest BCUT2D eigenvalue weighted by Gasteiger charge is -2.12. The van der Waals surface area contributed by atoms with Crippen molar-refractivity contribution in [2.45, 2.75) is 20.1 Å². The first-order valence-corrected chi connectivity index (χ1v) is 8.35. The maximum absolute atomic E-state index is 6.24. The van der Waals surface area contributed by atoms with Crippen LogP contribution in [0.5, 0.6) is 5.75 Å². The molecule has 1 N–H and O–H groups in total. The molecule has 0 aliphatic rings. The standard InChI is InChI=1S/C21H20ClNO/c1-16-6-5-9-20(22)21(16)23-14-17-10-12-19(13-11-17)24-15-18-7-3-2-4-8-18/h2-13,23H,14-15H2,1H3. The summed E-state index contributed by atoms with van der Waals surface area (Å²) in [4.78, 5) is 0. The maximum atomic E-state index is 6.24. The van der Waals surface area contributed by atoms with Gasteiger partial charge in [-0.05, 0) is 41.8 Å². The molecule has 122 valence electrons. The van der Waals surface area contributed by atoms with Gasteiger partial charge in [0.15, 0.2) is 0 Å². The predicted molar refractivity (Wildman–Crippen MR) is 101 cm³/mol. The summed E-state index contributed by atoms with van der Waals surface area (Å²) in [6.07, 6.45) is 0. The highest BCUT2D eigenvalue weighted by Gasteiger charge is 2.03. The van der Waals surface area contributed by atoms with Crippen molar-refractivity contribution in [1.82, 2.24) is 0 Å². The van der Waals surface area contributed by atoms with Crippen molar-refractivity contribution < 1.29 is 4.74 Å². The van der Waals surface area contributed by atoms with Crippen LogP contribution in [-0.2, 0) is 13.2 Å². The fourth-order valence-corrected chi connectivity index (χ4v) is 2.78. The summed E-state index contributed by atoms with van der Waals surface area (Å²) in [5, 5.41) is 4.15. The molecule has 0 aliphatic heterocycles. The Morgan fingerprint density at radius 1 is 0.833 bits per heavy atom. The molecule has 0 radical (unpaired) electrons. The number of rotatable bonds is 6. The number of para-hydroxylation sites is 1. The van der Waals surface area contributed by atoms with Gasteiger partial charge >= 0.3 is 0 Å². The first kappa shape index (κ1) is 16.4. The van der Waals surface area contributed by atoms with Crippen molar-refractivity contribution in [3.63, 3.8) is 0 Å². The summed E-state index contributed by atoms with van der Waals surface area (Å²) in [6.45, 7) is 3.36. The summed E-state index contributed by atoms with van der Waals surface area (Å²) in [5.74, 6) is 0.872. The molecule has 24 heavy (non-hydrogen) atoms. The third-order valence-electron chi connectivity index (χ3n) is 3.86. The Morgan fingerprint density at radius 2 is 1.58 bits per heavy atom. The molecule has 0 aliphatic carbocycles. The summed E-state index contributed by atoms with van der Waals surface area (Å²) in [7, 11) is 0. The highest BCUT2D eigenvalue weighted by Crippen LogP contribution is 2.26. The molecule has 0 atom stereocenters. The number of aryl methyl sites for hydroxylation is 1. The van der Waals surface area contributed by atoms with E-state index in [1.54, 1.807) is 0 Å². The van der Waals surface area contributed by atoms with Crippen LogP contribution >= 0.6 is 11.6 Å². The Balaban J connectivity index is 1.57. The van der Waals surface area contributed by atoms with Gasteiger partial charge in [-0.2, -0.15) is 0 Å². The Bertz CT molecular complexity index is 764. The van der Waals surface area contributed by atoms with Crippen LogP contribution < -0.4 is 10.1 Å². The van der Waals surface area contributed by atoms with Crippen molar-refractivity contribution in [1.29, 1.82) is 0 Å². The summed E-state index contributed by atoms with van der Waals surface area (Å²) in [5.41, 5.74) is 4.48. The molecule has 0 bridgehead atoms. The van der Waals surface area contributed by atoms with E-state index in [0.29, 0.717) is 6.61 Å². The Hall–Kier alpha value is -2.45. The second kappa shape index (κ2) is 7.89. The number of nitrogens with one attached hydrogen (secondary N) is 1. The van der Waals surface area contributed by atoms with Crippen LogP contribution in [0.4, 0.5) is 5.69 Å². The fraction of sp³-hybridized carbons (Fsp3) is 0.143. The molecular formula is C21H20ClNO. The zero-order valence-electron chi connectivity index (χ0n) is 13.6. The minimum absolute atomic E-state index is 0.581. The van der Waals surface area contributed by atoms with Crippen molar-refractivity contribution in [2.24, 2.45) is 0 Å². The number of benzene rings is 3. The van der Waals surface area contributed by atoms with E-state index in [9.17, 15) is 0 Å². The number of anilines is 1. The first-order chi connectivity index (χ1) is 11.7. The van der Waals surface area contributed by atoms with E-state index < -0.39 is 0 Å². The van der Waals surface area contributed by atoms with Crippen molar-refractivity contribution in [3.05, 3.63) is 94.5 Å². The zero-order valence-corrected chi connectivity index (χ0v) is 14.4. The van der Waals surface area contributed by atoms with E-state index in [1.165, 1.54) is 5.56 Å². The molecule has 0 spiro atoms. The Morgan fingerprint density at radius 3 is 2.29 bits per heavy atom. The summed E-state index contributed by atoms with van der Waals surface area (Å²) in [6, 6.07) is 24.2. The average Bonchev–Trinajstić information content (AvgIpc) is 2.61. The first-order valence-electron chi connectivity index (χ1n) is 7.97. The second-order valence-electron chi connectivity index (χ2n) is 5.70. The molecule has 0 amide bonds. The Labute approximate surface area is 148 Å². The van der Waals surface area contributed by atoms with E-state index in [2.05, 4.69) is 42.6 Å². The molecule has 0 fully saturated rings. The number of hydrogen-bond acceptors (Lipinski definition) is 2. The average molecular weight is 338 g/mol. The minimum atomic E-state index is 0.581. The molecule has 3 aromatic rings. The molecule has 3 aromatic carbocycles. The van der Waals surface area contributed by atoms with Gasteiger partial charge in [0.2, 0.25) is 0 Å². The van der Waals surface area contributed by atoms with Crippen LogP contribution in [0, 0.1) is 6.92 Å². The van der Waals surface area contributed by atoms with Crippen molar-refractivity contribution in [2.75, 3.05) is 5.32 Å². The SMILES string of the molecule is Cc1cccc(Cl)c1NCc1ccc(OCc2ccccc2)cc1. The van der Waals surface area contributed by atoms with Crippen molar-refractivity contribution in [3.8, 4) is 5.75 Å². The van der Waals surface area contributed by atoms with E-state index >= 15 is 0 Å². The van der Waals surface area contributed by atoms with Gasteiger partial charge in [0.05, 0.1) is 10.7 Å². The molecule has 2 nitrogen and oxygen atoms in total. The van der Waals surface area contributed by atoms with Gasteiger partial charge in [-0.25, -0.2) is 0 Å². The maximum Gasteiger partial charge on any atom is 0.119 e. The minimum Gasteiger partial charge on any atom is -0.489 e. The molecule has 0 aromatic heterocycles. The van der Waals surface area contributed by atoms with Crippen LogP contribution in [0.25, 0.3) is 0 Å². The molecule has 0 heterocycles. The van der Waals surface area contributed by atoms with Gasteiger partial charge in [0.25, 0.3) is 0 Å². The van der Waals surface area contributed by atoms with E-state index in [-0.39, 0.29) is 0 Å². The largest absolute Gasteiger partial charge is 0.489 e. The molecule has 3 rings (SSSR count). The monoisotopic (exact) mass is 337 g/mol. The van der Waals surface area contributed by atoms with Gasteiger partial charge in [-0.3, -0.25) is 0 Å². The smallest absolute Gasteiger partial charge is 0.119 e. The lowest BCUT2D eigenvalue weighted by Crippen LogP contribution is -2.02. The lowest BCUT2D eigenvalue weighted by atomic mass is 10.1. The highest BCUT2D eigenvalue weighted by molar-refractivity contribution is 6.33. The molecule has 0 saturated heterocycles.